The first kappa shape index (κ1) is 15.9. The van der Waals surface area contributed by atoms with Gasteiger partial charge in [0.2, 0.25) is 0 Å². The summed E-state index contributed by atoms with van der Waals surface area (Å²) in [6, 6.07) is 14.5. The topological polar surface area (TPSA) is 46.4 Å². The summed E-state index contributed by atoms with van der Waals surface area (Å²) < 4.78 is 2.07. The van der Waals surface area contributed by atoms with Gasteiger partial charge in [-0.2, -0.15) is 0 Å². The molecule has 0 aliphatic rings. The third-order valence-corrected chi connectivity index (χ3v) is 5.12. The van der Waals surface area contributed by atoms with E-state index in [1.54, 1.807) is 35.6 Å². The number of benzene rings is 2. The molecule has 124 valence electrons. The number of fused-ring (bicyclic) bond motifs is 1. The second-order valence-corrected chi connectivity index (χ2v) is 6.97. The number of carbonyl (C=O) groups is 1. The quantitative estimate of drug-likeness (QED) is 0.535. The maximum atomic E-state index is 12.3. The molecule has 4 nitrogen and oxygen atoms in total. The predicted molar refractivity (Wildman–Crippen MR) is 103 cm³/mol. The van der Waals surface area contributed by atoms with Gasteiger partial charge in [-0.3, -0.25) is 9.20 Å². The lowest BCUT2D eigenvalue weighted by atomic mass is 10.1. The Bertz CT molecular complexity index is 1070. The van der Waals surface area contributed by atoms with Crippen LogP contribution in [-0.4, -0.2) is 15.3 Å². The van der Waals surface area contributed by atoms with E-state index in [9.17, 15) is 4.79 Å². The normalized spacial score (nSPS) is 11.0. The fourth-order valence-electron chi connectivity index (χ4n) is 2.59. The van der Waals surface area contributed by atoms with Crippen LogP contribution in [0.5, 0.6) is 0 Å². The molecule has 0 bridgehead atoms. The van der Waals surface area contributed by atoms with Gasteiger partial charge >= 0.3 is 0 Å². The summed E-state index contributed by atoms with van der Waals surface area (Å²) in [5.41, 5.74) is 4.30. The van der Waals surface area contributed by atoms with Crippen molar-refractivity contribution in [1.29, 1.82) is 0 Å². The summed E-state index contributed by atoms with van der Waals surface area (Å²) in [7, 11) is 0. The molecule has 4 rings (SSSR count). The highest BCUT2D eigenvalue weighted by atomic mass is 35.5. The van der Waals surface area contributed by atoms with Gasteiger partial charge in [0.15, 0.2) is 4.96 Å². The second-order valence-electron chi connectivity index (χ2n) is 5.70. The van der Waals surface area contributed by atoms with E-state index in [1.807, 2.05) is 30.5 Å². The number of aromatic nitrogens is 2. The van der Waals surface area contributed by atoms with E-state index in [4.69, 9.17) is 11.6 Å². The van der Waals surface area contributed by atoms with Gasteiger partial charge in [-0.25, -0.2) is 4.98 Å². The van der Waals surface area contributed by atoms with Gasteiger partial charge in [-0.05, 0) is 43.3 Å². The van der Waals surface area contributed by atoms with Crippen molar-refractivity contribution in [2.24, 2.45) is 0 Å². The fourth-order valence-corrected chi connectivity index (χ4v) is 3.57. The molecule has 1 amide bonds. The molecule has 0 atom stereocenters. The molecular formula is C19H14ClN3OS. The minimum Gasteiger partial charge on any atom is -0.322 e. The van der Waals surface area contributed by atoms with E-state index in [2.05, 4.69) is 27.0 Å². The van der Waals surface area contributed by atoms with Crippen LogP contribution < -0.4 is 5.32 Å². The molecule has 4 aromatic rings. The Morgan fingerprint density at radius 1 is 1.20 bits per heavy atom. The van der Waals surface area contributed by atoms with Crippen molar-refractivity contribution in [3.05, 3.63) is 76.4 Å². The summed E-state index contributed by atoms with van der Waals surface area (Å²) in [6.45, 7) is 2.05. The number of hydrogen-bond donors (Lipinski definition) is 1. The molecule has 0 fully saturated rings. The highest BCUT2D eigenvalue weighted by molar-refractivity contribution is 7.15. The number of amides is 1. The van der Waals surface area contributed by atoms with Crippen LogP contribution in [0.4, 0.5) is 5.69 Å². The van der Waals surface area contributed by atoms with Gasteiger partial charge in [0.1, 0.15) is 0 Å². The number of rotatable bonds is 3. The van der Waals surface area contributed by atoms with Crippen LogP contribution in [-0.2, 0) is 0 Å². The highest BCUT2D eigenvalue weighted by Crippen LogP contribution is 2.25. The number of aryl methyl sites for hydroxylation is 1. The number of nitrogens with zero attached hydrogens (tertiary/aromatic N) is 2. The van der Waals surface area contributed by atoms with Crippen LogP contribution in [0.3, 0.4) is 0 Å². The Balaban J connectivity index is 1.60. The van der Waals surface area contributed by atoms with Crippen molar-refractivity contribution < 1.29 is 4.79 Å². The van der Waals surface area contributed by atoms with Crippen molar-refractivity contribution in [3.63, 3.8) is 0 Å². The number of imidazole rings is 1. The second kappa shape index (κ2) is 6.35. The molecule has 2 aromatic heterocycles. The average molecular weight is 368 g/mol. The predicted octanol–water partition coefficient (Wildman–Crippen LogP) is 5.28. The van der Waals surface area contributed by atoms with Crippen LogP contribution in [0.15, 0.2) is 60.1 Å². The van der Waals surface area contributed by atoms with Gasteiger partial charge in [-0.1, -0.05) is 23.7 Å². The van der Waals surface area contributed by atoms with Crippen LogP contribution in [0.25, 0.3) is 16.2 Å². The Morgan fingerprint density at radius 3 is 2.76 bits per heavy atom. The van der Waals surface area contributed by atoms with E-state index in [-0.39, 0.29) is 5.91 Å². The summed E-state index contributed by atoms with van der Waals surface area (Å²) in [5, 5.41) is 5.60. The minimum absolute atomic E-state index is 0.171. The Labute approximate surface area is 153 Å². The van der Waals surface area contributed by atoms with Gasteiger partial charge in [-0.15, -0.1) is 11.3 Å². The molecule has 0 spiro atoms. The molecule has 0 aliphatic heterocycles. The van der Waals surface area contributed by atoms with E-state index < -0.39 is 0 Å². The standard InChI is InChI=1S/C19H14ClN3OS/c1-12-11-25-19-22-17(10-23(12)19)14-3-2-4-16(9-14)21-18(24)13-5-7-15(20)8-6-13/h2-11H,1H3,(H,21,24). The van der Waals surface area contributed by atoms with Crippen LogP contribution in [0, 0.1) is 6.92 Å². The number of thiazole rings is 1. The lowest BCUT2D eigenvalue weighted by molar-refractivity contribution is 0.102. The van der Waals surface area contributed by atoms with Crippen molar-refractivity contribution in [1.82, 2.24) is 9.38 Å². The van der Waals surface area contributed by atoms with Crippen molar-refractivity contribution >= 4 is 39.5 Å². The summed E-state index contributed by atoms with van der Waals surface area (Å²) in [4.78, 5) is 18.0. The Morgan fingerprint density at radius 2 is 2.00 bits per heavy atom. The van der Waals surface area contributed by atoms with Gasteiger partial charge in [0, 0.05) is 39.1 Å². The molecule has 2 aromatic carbocycles. The SMILES string of the molecule is Cc1csc2nc(-c3cccc(NC(=O)c4ccc(Cl)cc4)c3)cn12. The first-order valence-corrected chi connectivity index (χ1v) is 8.96. The van der Waals surface area contributed by atoms with Crippen LogP contribution in [0.1, 0.15) is 16.1 Å². The van der Waals surface area contributed by atoms with Gasteiger partial charge in [0.25, 0.3) is 5.91 Å². The number of carbonyl (C=O) groups excluding carboxylic acids is 1. The van der Waals surface area contributed by atoms with Gasteiger partial charge < -0.3 is 5.32 Å². The van der Waals surface area contributed by atoms with E-state index in [1.165, 1.54) is 0 Å². The summed E-state index contributed by atoms with van der Waals surface area (Å²) >= 11 is 7.47. The minimum atomic E-state index is -0.171. The molecule has 1 N–H and O–H groups in total. The molecule has 0 saturated heterocycles. The molecule has 0 radical (unpaired) electrons. The number of anilines is 1. The lowest BCUT2D eigenvalue weighted by Crippen LogP contribution is -2.11. The molecule has 25 heavy (non-hydrogen) atoms. The number of halogens is 1. The third kappa shape index (κ3) is 3.16. The van der Waals surface area contributed by atoms with E-state index in [0.29, 0.717) is 10.6 Å². The summed E-state index contributed by atoms with van der Waals surface area (Å²) in [6.07, 6.45) is 2.02. The largest absolute Gasteiger partial charge is 0.322 e. The van der Waals surface area contributed by atoms with Gasteiger partial charge in [0.05, 0.1) is 5.69 Å². The molecular weight excluding hydrogens is 354 g/mol. The first-order valence-electron chi connectivity index (χ1n) is 7.71. The third-order valence-electron chi connectivity index (χ3n) is 3.91. The zero-order valence-electron chi connectivity index (χ0n) is 13.4. The molecule has 0 aliphatic carbocycles. The summed E-state index contributed by atoms with van der Waals surface area (Å²) in [5.74, 6) is -0.171. The van der Waals surface area contributed by atoms with E-state index >= 15 is 0 Å². The van der Waals surface area contributed by atoms with Crippen molar-refractivity contribution in [3.8, 4) is 11.3 Å². The Kier molecular flexibility index (Phi) is 4.03. The maximum absolute atomic E-state index is 12.3. The molecule has 6 heteroatoms. The number of hydrogen-bond acceptors (Lipinski definition) is 3. The zero-order valence-corrected chi connectivity index (χ0v) is 14.9. The molecule has 0 unspecified atom stereocenters. The lowest BCUT2D eigenvalue weighted by Gasteiger charge is -2.07. The van der Waals surface area contributed by atoms with Crippen LogP contribution in [0.2, 0.25) is 5.02 Å². The molecule has 2 heterocycles. The van der Waals surface area contributed by atoms with Crippen LogP contribution >= 0.6 is 22.9 Å². The molecule has 0 saturated carbocycles. The van der Waals surface area contributed by atoms with Crippen molar-refractivity contribution in [2.45, 2.75) is 6.92 Å². The smallest absolute Gasteiger partial charge is 0.255 e. The monoisotopic (exact) mass is 367 g/mol. The highest BCUT2D eigenvalue weighted by Gasteiger charge is 2.10. The fraction of sp³-hybridized carbons (Fsp3) is 0.0526. The average Bonchev–Trinajstić information content (AvgIpc) is 3.18. The number of nitrogens with one attached hydrogen (secondary N) is 1. The first-order chi connectivity index (χ1) is 12.1. The van der Waals surface area contributed by atoms with Crippen molar-refractivity contribution in [2.75, 3.05) is 5.32 Å². The zero-order chi connectivity index (χ0) is 17.4. The van der Waals surface area contributed by atoms with E-state index in [0.717, 1.165) is 27.6 Å². The maximum Gasteiger partial charge on any atom is 0.255 e. The Hall–Kier alpha value is -2.63.